The first kappa shape index (κ1) is 23.4. The molecule has 2 aliphatic rings. The zero-order valence-corrected chi connectivity index (χ0v) is 19.9. The number of anilines is 5. The van der Waals surface area contributed by atoms with Crippen LogP contribution in [0.1, 0.15) is 5.56 Å². The zero-order valence-electron chi connectivity index (χ0n) is 19.9. The van der Waals surface area contributed by atoms with Gasteiger partial charge in [-0.1, -0.05) is 0 Å². The van der Waals surface area contributed by atoms with E-state index in [1.54, 1.807) is 35.4 Å². The summed E-state index contributed by atoms with van der Waals surface area (Å²) >= 11 is 0. The summed E-state index contributed by atoms with van der Waals surface area (Å²) in [5.41, 5.74) is 3.34. The lowest BCUT2D eigenvalue weighted by Gasteiger charge is -2.35. The number of nitrogens with zero attached hydrogens (tertiary/aromatic N) is 6. The van der Waals surface area contributed by atoms with Crippen molar-refractivity contribution in [3.05, 3.63) is 66.4 Å². The Morgan fingerprint density at radius 2 is 1.56 bits per heavy atom. The number of piperazine rings is 1. The number of nitrogens with one attached hydrogen (secondary N) is 2. The van der Waals surface area contributed by atoms with Crippen molar-refractivity contribution in [2.75, 3.05) is 72.9 Å². The van der Waals surface area contributed by atoms with E-state index in [1.165, 1.54) is 5.69 Å². The van der Waals surface area contributed by atoms with Crippen LogP contribution in [0.4, 0.5) is 33.6 Å². The van der Waals surface area contributed by atoms with Crippen molar-refractivity contribution in [3.63, 3.8) is 0 Å². The number of rotatable bonds is 5. The number of nitriles is 1. The van der Waals surface area contributed by atoms with Crippen LogP contribution >= 0.6 is 0 Å². The third-order valence-corrected chi connectivity index (χ3v) is 6.30. The first-order valence-corrected chi connectivity index (χ1v) is 12.0. The third kappa shape index (κ3) is 5.64. The van der Waals surface area contributed by atoms with Crippen LogP contribution in [0.3, 0.4) is 0 Å². The maximum atomic E-state index is 12.6. The van der Waals surface area contributed by atoms with E-state index in [2.05, 4.69) is 48.6 Å². The maximum absolute atomic E-state index is 12.6. The maximum Gasteiger partial charge on any atom is 0.321 e. The van der Waals surface area contributed by atoms with Gasteiger partial charge in [0.1, 0.15) is 5.82 Å². The third-order valence-electron chi connectivity index (χ3n) is 6.30. The fraction of sp³-hybridized carbons (Fsp3) is 0.308. The highest BCUT2D eigenvalue weighted by molar-refractivity contribution is 5.89. The predicted molar refractivity (Wildman–Crippen MR) is 139 cm³/mol. The van der Waals surface area contributed by atoms with E-state index in [1.807, 2.05) is 18.2 Å². The van der Waals surface area contributed by atoms with Crippen LogP contribution in [-0.4, -0.2) is 73.4 Å². The lowest BCUT2D eigenvalue weighted by atomic mass is 10.2. The summed E-state index contributed by atoms with van der Waals surface area (Å²) in [5.74, 6) is 1.36. The van der Waals surface area contributed by atoms with Crippen LogP contribution in [-0.2, 0) is 4.74 Å². The zero-order chi connectivity index (χ0) is 24.7. The van der Waals surface area contributed by atoms with Crippen molar-refractivity contribution >= 4 is 34.9 Å². The Labute approximate surface area is 210 Å². The number of benzene rings is 2. The smallest absolute Gasteiger partial charge is 0.321 e. The predicted octanol–water partition coefficient (Wildman–Crippen LogP) is 3.28. The number of amides is 2. The van der Waals surface area contributed by atoms with Gasteiger partial charge in [0, 0.05) is 62.5 Å². The first-order chi connectivity index (χ1) is 17.7. The lowest BCUT2D eigenvalue weighted by Crippen LogP contribution is -2.50. The topological polar surface area (TPSA) is 110 Å². The molecule has 2 N–H and O–H groups in total. The second-order valence-corrected chi connectivity index (χ2v) is 8.60. The van der Waals surface area contributed by atoms with Crippen molar-refractivity contribution < 1.29 is 9.53 Å². The van der Waals surface area contributed by atoms with Gasteiger partial charge in [-0.25, -0.2) is 9.78 Å². The Kier molecular flexibility index (Phi) is 7.10. The SMILES string of the molecule is N#Cc1ccc(NC(=O)N2CCN(c3ccnc(Nc4ccc(N5CCOCC5)cc4)n3)CC2)cc1. The summed E-state index contributed by atoms with van der Waals surface area (Å²) in [6, 6.07) is 18.9. The molecule has 0 aliphatic carbocycles. The molecular weight excluding hydrogens is 456 g/mol. The van der Waals surface area contributed by atoms with Crippen molar-refractivity contribution in [1.82, 2.24) is 14.9 Å². The van der Waals surface area contributed by atoms with E-state index in [-0.39, 0.29) is 6.03 Å². The molecule has 10 nitrogen and oxygen atoms in total. The number of ether oxygens (including phenoxy) is 1. The number of aromatic nitrogens is 2. The Morgan fingerprint density at radius 1 is 0.861 bits per heavy atom. The summed E-state index contributed by atoms with van der Waals surface area (Å²) in [6.45, 7) is 5.84. The minimum Gasteiger partial charge on any atom is -0.378 e. The van der Waals surface area contributed by atoms with Crippen LogP contribution in [0.15, 0.2) is 60.8 Å². The summed E-state index contributed by atoms with van der Waals surface area (Å²) in [5, 5.41) is 15.1. The first-order valence-electron chi connectivity index (χ1n) is 12.0. The van der Waals surface area contributed by atoms with E-state index < -0.39 is 0 Å². The molecule has 0 radical (unpaired) electrons. The molecule has 2 saturated heterocycles. The number of hydrogen-bond acceptors (Lipinski definition) is 8. The van der Waals surface area contributed by atoms with Crippen molar-refractivity contribution in [2.24, 2.45) is 0 Å². The molecule has 3 aromatic rings. The normalized spacial score (nSPS) is 15.8. The summed E-state index contributed by atoms with van der Waals surface area (Å²) < 4.78 is 5.43. The molecular formula is C26H28N8O2. The van der Waals surface area contributed by atoms with Crippen LogP contribution in [0.2, 0.25) is 0 Å². The largest absolute Gasteiger partial charge is 0.378 e. The highest BCUT2D eigenvalue weighted by atomic mass is 16.5. The molecule has 0 spiro atoms. The molecule has 2 amide bonds. The average Bonchev–Trinajstić information content (AvgIpc) is 2.94. The standard InChI is InChI=1S/C26H28N8O2/c27-19-20-1-3-22(4-2-20)30-26(35)34-13-11-33(12-14-34)24-9-10-28-25(31-24)29-21-5-7-23(8-6-21)32-15-17-36-18-16-32/h1-10H,11-18H2,(H,30,35)(H,28,29,31). The second-order valence-electron chi connectivity index (χ2n) is 8.60. The van der Waals surface area contributed by atoms with E-state index >= 15 is 0 Å². The molecule has 0 saturated carbocycles. The second kappa shape index (κ2) is 10.9. The fourth-order valence-electron chi connectivity index (χ4n) is 4.26. The number of hydrogen-bond donors (Lipinski definition) is 2. The van der Waals surface area contributed by atoms with Gasteiger partial charge in [0.2, 0.25) is 5.95 Å². The van der Waals surface area contributed by atoms with E-state index in [4.69, 9.17) is 10.00 Å². The van der Waals surface area contributed by atoms with Crippen LogP contribution < -0.4 is 20.4 Å². The summed E-state index contributed by atoms with van der Waals surface area (Å²) in [6.07, 6.45) is 1.75. The van der Waals surface area contributed by atoms with Crippen molar-refractivity contribution in [2.45, 2.75) is 0 Å². The van der Waals surface area contributed by atoms with E-state index in [0.29, 0.717) is 43.4 Å². The molecule has 0 atom stereocenters. The minimum absolute atomic E-state index is 0.148. The summed E-state index contributed by atoms with van der Waals surface area (Å²) in [4.78, 5) is 27.9. The average molecular weight is 485 g/mol. The Hall–Kier alpha value is -4.36. The Balaban J connectivity index is 1.14. The molecule has 2 fully saturated rings. The van der Waals surface area contributed by atoms with Crippen LogP contribution in [0.5, 0.6) is 0 Å². The van der Waals surface area contributed by atoms with Crippen LogP contribution in [0.25, 0.3) is 0 Å². The monoisotopic (exact) mass is 484 g/mol. The van der Waals surface area contributed by atoms with Gasteiger partial charge in [-0.05, 0) is 54.6 Å². The van der Waals surface area contributed by atoms with E-state index in [9.17, 15) is 4.79 Å². The van der Waals surface area contributed by atoms with Crippen molar-refractivity contribution in [1.29, 1.82) is 5.26 Å². The van der Waals surface area contributed by atoms with Gasteiger partial charge in [0.25, 0.3) is 0 Å². The molecule has 10 heteroatoms. The van der Waals surface area contributed by atoms with Gasteiger partial charge >= 0.3 is 6.03 Å². The van der Waals surface area contributed by atoms with Gasteiger partial charge in [0.15, 0.2) is 0 Å². The molecule has 1 aromatic heterocycles. The van der Waals surface area contributed by atoms with Gasteiger partial charge in [-0.3, -0.25) is 0 Å². The number of carbonyl (C=O) groups is 1. The van der Waals surface area contributed by atoms with Crippen molar-refractivity contribution in [3.8, 4) is 6.07 Å². The fourth-order valence-corrected chi connectivity index (χ4v) is 4.26. The number of urea groups is 1. The molecule has 36 heavy (non-hydrogen) atoms. The molecule has 0 unspecified atom stereocenters. The Bertz CT molecular complexity index is 1210. The molecule has 0 bridgehead atoms. The van der Waals surface area contributed by atoms with E-state index in [0.717, 1.165) is 37.8 Å². The molecule has 2 aliphatic heterocycles. The van der Waals surface area contributed by atoms with Gasteiger partial charge < -0.3 is 30.1 Å². The van der Waals surface area contributed by atoms with Crippen LogP contribution in [0, 0.1) is 11.3 Å². The number of morpholine rings is 1. The van der Waals surface area contributed by atoms with Gasteiger partial charge in [0.05, 0.1) is 24.8 Å². The minimum atomic E-state index is -0.148. The van der Waals surface area contributed by atoms with Gasteiger partial charge in [-0.2, -0.15) is 10.2 Å². The molecule has 5 rings (SSSR count). The molecule has 184 valence electrons. The Morgan fingerprint density at radius 3 is 2.25 bits per heavy atom. The highest BCUT2D eigenvalue weighted by Gasteiger charge is 2.22. The quantitative estimate of drug-likeness (QED) is 0.568. The molecule has 3 heterocycles. The van der Waals surface area contributed by atoms with Gasteiger partial charge in [-0.15, -0.1) is 0 Å². The molecule has 2 aromatic carbocycles. The summed E-state index contributed by atoms with van der Waals surface area (Å²) in [7, 11) is 0. The lowest BCUT2D eigenvalue weighted by molar-refractivity contribution is 0.122. The highest BCUT2D eigenvalue weighted by Crippen LogP contribution is 2.22. The number of carbonyl (C=O) groups excluding carboxylic acids is 1.